The quantitative estimate of drug-likeness (QED) is 0.688. The van der Waals surface area contributed by atoms with E-state index in [2.05, 4.69) is 11.2 Å². The molecule has 1 aliphatic rings. The molecule has 1 aliphatic heterocycles. The van der Waals surface area contributed by atoms with Crippen molar-refractivity contribution in [3.8, 4) is 0 Å². The van der Waals surface area contributed by atoms with E-state index in [0.29, 0.717) is 5.84 Å². The number of benzene rings is 3. The van der Waals surface area contributed by atoms with Crippen molar-refractivity contribution >= 4 is 26.6 Å². The zero-order chi connectivity index (χ0) is 16.6. The molecule has 0 spiro atoms. The molecule has 0 aromatic heterocycles. The van der Waals surface area contributed by atoms with E-state index in [1.807, 2.05) is 42.5 Å². The lowest BCUT2D eigenvalue weighted by atomic mass is 10.0. The van der Waals surface area contributed by atoms with Crippen LogP contribution in [0.2, 0.25) is 0 Å². The van der Waals surface area contributed by atoms with Crippen LogP contribution in [0.15, 0.2) is 88.9 Å². The van der Waals surface area contributed by atoms with Gasteiger partial charge < -0.3 is 0 Å². The lowest BCUT2D eigenvalue weighted by molar-refractivity contribution is 0.564. The summed E-state index contributed by atoms with van der Waals surface area (Å²) in [5, 5.41) is 1.98. The summed E-state index contributed by atoms with van der Waals surface area (Å²) >= 11 is 0. The molecular weight excluding hydrogens is 320 g/mol. The fourth-order valence-electron chi connectivity index (χ4n) is 2.74. The summed E-state index contributed by atoms with van der Waals surface area (Å²) in [5.41, 5.74) is 0.758. The molecule has 24 heavy (non-hydrogen) atoms. The fraction of sp³-hybridized carbons (Fsp3) is 0. The van der Waals surface area contributed by atoms with Gasteiger partial charge in [0.05, 0.1) is 4.90 Å². The smallest absolute Gasteiger partial charge is 0.199 e. The molecule has 1 heterocycles. The van der Waals surface area contributed by atoms with Crippen molar-refractivity contribution in [2.24, 2.45) is 4.99 Å². The Morgan fingerprint density at radius 2 is 1.54 bits per heavy atom. The van der Waals surface area contributed by atoms with E-state index in [1.165, 1.54) is 10.5 Å². The van der Waals surface area contributed by atoms with Gasteiger partial charge in [-0.2, -0.15) is 8.42 Å². The molecular formula is C19H13N2O2S+. The standard InChI is InChI=1S/C19H13N2O2S/c22-24(23,16-9-2-1-3-10-16)21-14-13-20-19(21)18-12-6-8-15-7-4-5-11-17(15)18/h1-12,14H/q+1. The van der Waals surface area contributed by atoms with E-state index in [-0.39, 0.29) is 4.90 Å². The van der Waals surface area contributed by atoms with Crippen LogP contribution in [0.4, 0.5) is 0 Å². The van der Waals surface area contributed by atoms with Gasteiger partial charge in [0, 0.05) is 10.4 Å². The van der Waals surface area contributed by atoms with Gasteiger partial charge in [0.1, 0.15) is 5.56 Å². The summed E-state index contributed by atoms with van der Waals surface area (Å²) in [6.07, 6.45) is 4.03. The average molecular weight is 333 g/mol. The van der Waals surface area contributed by atoms with Crippen LogP contribution in [0.3, 0.4) is 0 Å². The zero-order valence-electron chi connectivity index (χ0n) is 12.6. The maximum absolute atomic E-state index is 12.9. The Hall–Kier alpha value is -3.01. The number of aliphatic imine (C=N–C) groups is 1. The van der Waals surface area contributed by atoms with Crippen molar-refractivity contribution in [3.05, 3.63) is 90.8 Å². The van der Waals surface area contributed by atoms with Gasteiger partial charge in [-0.1, -0.05) is 54.6 Å². The first-order chi connectivity index (χ1) is 11.7. The highest BCUT2D eigenvalue weighted by molar-refractivity contribution is 7.89. The minimum Gasteiger partial charge on any atom is -0.199 e. The Morgan fingerprint density at radius 1 is 0.833 bits per heavy atom. The number of hydrogen-bond donors (Lipinski definition) is 0. The highest BCUT2D eigenvalue weighted by Crippen LogP contribution is 2.26. The van der Waals surface area contributed by atoms with Crippen LogP contribution in [-0.2, 0) is 10.0 Å². The highest BCUT2D eigenvalue weighted by Gasteiger charge is 2.38. The molecule has 0 amide bonds. The average Bonchev–Trinajstić information content (AvgIpc) is 3.12. The number of hydrogen-bond acceptors (Lipinski definition) is 3. The first kappa shape index (κ1) is 14.6. The van der Waals surface area contributed by atoms with E-state index in [1.54, 1.807) is 30.3 Å². The van der Waals surface area contributed by atoms with Gasteiger partial charge in [-0.25, -0.2) is 0 Å². The Kier molecular flexibility index (Phi) is 3.38. The molecule has 4 nitrogen and oxygen atoms in total. The first-order valence-corrected chi connectivity index (χ1v) is 8.86. The molecule has 0 N–H and O–H groups in total. The minimum absolute atomic E-state index is 0.220. The summed E-state index contributed by atoms with van der Waals surface area (Å²) < 4.78 is 27.0. The van der Waals surface area contributed by atoms with Gasteiger partial charge in [0.25, 0.3) is 10.0 Å². The first-order valence-electron chi connectivity index (χ1n) is 7.42. The second-order valence-electron chi connectivity index (χ2n) is 5.33. The Morgan fingerprint density at radius 3 is 2.38 bits per heavy atom. The summed E-state index contributed by atoms with van der Waals surface area (Å²) in [6.45, 7) is 0. The lowest BCUT2D eigenvalue weighted by Crippen LogP contribution is -2.31. The third-order valence-electron chi connectivity index (χ3n) is 3.88. The monoisotopic (exact) mass is 333 g/mol. The van der Waals surface area contributed by atoms with E-state index in [4.69, 9.17) is 0 Å². The Labute approximate surface area is 140 Å². The third-order valence-corrected chi connectivity index (χ3v) is 5.55. The Bertz CT molecular complexity index is 1070. The molecule has 3 aromatic rings. The van der Waals surface area contributed by atoms with Gasteiger partial charge >= 0.3 is 5.84 Å². The second kappa shape index (κ2) is 5.57. The maximum atomic E-state index is 12.9. The molecule has 0 bridgehead atoms. The van der Waals surface area contributed by atoms with E-state index in [0.717, 1.165) is 16.3 Å². The van der Waals surface area contributed by atoms with E-state index >= 15 is 0 Å². The van der Waals surface area contributed by atoms with Crippen LogP contribution in [-0.4, -0.2) is 18.6 Å². The van der Waals surface area contributed by atoms with Gasteiger partial charge in [-0.15, -0.1) is 4.31 Å². The molecule has 0 aliphatic carbocycles. The zero-order valence-corrected chi connectivity index (χ0v) is 13.4. The molecule has 0 unspecified atom stereocenters. The van der Waals surface area contributed by atoms with Crippen molar-refractivity contribution in [1.29, 1.82) is 0 Å². The number of nitrogens with zero attached hydrogens (tertiary/aromatic N) is 2. The summed E-state index contributed by atoms with van der Waals surface area (Å²) in [6, 6.07) is 21.9. The van der Waals surface area contributed by atoms with Crippen LogP contribution in [0.1, 0.15) is 5.56 Å². The maximum Gasteiger partial charge on any atom is 0.308 e. The summed E-state index contributed by atoms with van der Waals surface area (Å²) in [5.74, 6) is 0.357. The molecule has 5 heteroatoms. The van der Waals surface area contributed by atoms with Gasteiger partial charge in [0.2, 0.25) is 12.4 Å². The normalized spacial score (nSPS) is 13.8. The van der Waals surface area contributed by atoms with Crippen molar-refractivity contribution in [1.82, 2.24) is 4.31 Å². The lowest BCUT2D eigenvalue weighted by Gasteiger charge is -2.12. The second-order valence-corrected chi connectivity index (χ2v) is 7.15. The number of fused-ring (bicyclic) bond motifs is 1. The third kappa shape index (κ3) is 2.27. The van der Waals surface area contributed by atoms with Gasteiger partial charge in [-0.3, -0.25) is 0 Å². The predicted octanol–water partition coefficient (Wildman–Crippen LogP) is 3.57. The molecule has 0 atom stereocenters. The summed E-state index contributed by atoms with van der Waals surface area (Å²) in [4.78, 5) is 4.41. The minimum atomic E-state index is -3.72. The highest BCUT2D eigenvalue weighted by atomic mass is 32.2. The van der Waals surface area contributed by atoms with Crippen LogP contribution in [0, 0.1) is 6.20 Å². The largest absolute Gasteiger partial charge is 0.308 e. The number of rotatable bonds is 3. The molecule has 3 aromatic carbocycles. The van der Waals surface area contributed by atoms with Crippen LogP contribution in [0.5, 0.6) is 0 Å². The topological polar surface area (TPSA) is 49.7 Å². The molecule has 0 radical (unpaired) electrons. The molecule has 0 saturated heterocycles. The fourth-order valence-corrected chi connectivity index (χ4v) is 4.02. The van der Waals surface area contributed by atoms with Crippen molar-refractivity contribution < 1.29 is 8.42 Å². The molecule has 0 fully saturated rings. The van der Waals surface area contributed by atoms with Crippen LogP contribution >= 0.6 is 0 Å². The van der Waals surface area contributed by atoms with Crippen molar-refractivity contribution in [3.63, 3.8) is 0 Å². The molecule has 4 rings (SSSR count). The number of amidine groups is 1. The van der Waals surface area contributed by atoms with E-state index in [9.17, 15) is 8.42 Å². The van der Waals surface area contributed by atoms with E-state index < -0.39 is 10.0 Å². The van der Waals surface area contributed by atoms with Gasteiger partial charge in [-0.05, 0) is 23.6 Å². The van der Waals surface area contributed by atoms with Crippen molar-refractivity contribution in [2.75, 3.05) is 0 Å². The van der Waals surface area contributed by atoms with Crippen LogP contribution < -0.4 is 0 Å². The molecule has 116 valence electrons. The molecule has 0 saturated carbocycles. The number of sulfonamides is 1. The predicted molar refractivity (Wildman–Crippen MR) is 93.8 cm³/mol. The summed E-state index contributed by atoms with van der Waals surface area (Å²) in [7, 11) is -3.72. The SMILES string of the molecule is O=S(=O)(c1ccccc1)N1C=[C+]N=C1c1cccc2ccccc12. The Balaban J connectivity index is 1.85. The van der Waals surface area contributed by atoms with Gasteiger partial charge in [0.15, 0.2) is 0 Å². The van der Waals surface area contributed by atoms with Crippen molar-refractivity contribution in [2.45, 2.75) is 4.90 Å². The van der Waals surface area contributed by atoms with Crippen LogP contribution in [0.25, 0.3) is 10.8 Å².